The Labute approximate surface area is 152 Å². The minimum atomic E-state index is -2.99. The molecule has 26 heavy (non-hydrogen) atoms. The molecule has 0 atom stereocenters. The van der Waals surface area contributed by atoms with Crippen molar-refractivity contribution in [3.63, 3.8) is 0 Å². The van der Waals surface area contributed by atoms with Crippen LogP contribution >= 0.6 is 11.8 Å². The quantitative estimate of drug-likeness (QED) is 0.369. The number of aromatic nitrogens is 2. The summed E-state index contributed by atoms with van der Waals surface area (Å²) in [5.74, 6) is -2.84. The monoisotopic (exact) mass is 380 g/mol. The average molecular weight is 380 g/mol. The van der Waals surface area contributed by atoms with Crippen molar-refractivity contribution in [2.45, 2.75) is 31.3 Å². The van der Waals surface area contributed by atoms with E-state index in [2.05, 4.69) is 4.98 Å². The van der Waals surface area contributed by atoms with Crippen molar-refractivity contribution >= 4 is 11.8 Å². The second kappa shape index (κ2) is 7.53. The molecule has 2 nitrogen and oxygen atoms in total. The van der Waals surface area contributed by atoms with Crippen molar-refractivity contribution in [1.29, 1.82) is 0 Å². The van der Waals surface area contributed by atoms with Gasteiger partial charge in [0.2, 0.25) is 0 Å². The fourth-order valence-corrected chi connectivity index (χ4v) is 3.24. The van der Waals surface area contributed by atoms with Gasteiger partial charge in [-0.3, -0.25) is 4.57 Å². The van der Waals surface area contributed by atoms with Crippen LogP contribution in [0.2, 0.25) is 0 Å². The molecule has 1 aromatic heterocycles. The first kappa shape index (κ1) is 18.5. The maximum atomic E-state index is 13.8. The van der Waals surface area contributed by atoms with Crippen LogP contribution in [-0.2, 0) is 0 Å². The number of aryl methyl sites for hydroxylation is 2. The molecule has 0 saturated heterocycles. The van der Waals surface area contributed by atoms with Crippen molar-refractivity contribution in [3.05, 3.63) is 59.7 Å². The van der Waals surface area contributed by atoms with E-state index in [0.29, 0.717) is 15.7 Å². The van der Waals surface area contributed by atoms with E-state index in [1.165, 1.54) is 0 Å². The highest BCUT2D eigenvalue weighted by molar-refractivity contribution is 7.99. The largest absolute Gasteiger partial charge is 0.321 e. The van der Waals surface area contributed by atoms with Gasteiger partial charge in [0.1, 0.15) is 0 Å². The molecule has 0 saturated carbocycles. The maximum absolute atomic E-state index is 13.8. The topological polar surface area (TPSA) is 17.8 Å². The summed E-state index contributed by atoms with van der Waals surface area (Å²) in [5.41, 5.74) is 3.46. The van der Waals surface area contributed by atoms with E-state index in [9.17, 15) is 17.6 Å². The number of nitrogens with zero attached hydrogens (tertiary/aromatic N) is 2. The fourth-order valence-electron chi connectivity index (χ4n) is 2.66. The van der Waals surface area contributed by atoms with Crippen LogP contribution in [0.3, 0.4) is 0 Å². The van der Waals surface area contributed by atoms with E-state index in [-0.39, 0.29) is 23.1 Å². The molecule has 0 amide bonds. The second-order valence-corrected chi connectivity index (χ2v) is 6.81. The molecular weight excluding hydrogens is 364 g/mol. The molecule has 0 aliphatic rings. The third-order valence-corrected chi connectivity index (χ3v) is 4.60. The molecular formula is C19H16F4N2S. The van der Waals surface area contributed by atoms with E-state index in [1.54, 1.807) is 36.4 Å². The van der Waals surface area contributed by atoms with E-state index in [1.807, 2.05) is 26.0 Å². The maximum Gasteiger partial charge on any atom is 0.321 e. The number of imidazole rings is 1. The van der Waals surface area contributed by atoms with Crippen LogP contribution in [0.5, 0.6) is 0 Å². The Kier molecular flexibility index (Phi) is 5.36. The summed E-state index contributed by atoms with van der Waals surface area (Å²) >= 11 is 0.0225. The van der Waals surface area contributed by atoms with Crippen LogP contribution in [-0.4, -0.2) is 15.3 Å². The van der Waals surface area contributed by atoms with Gasteiger partial charge in [0.05, 0.1) is 11.4 Å². The average Bonchev–Trinajstić information content (AvgIpc) is 2.95. The number of rotatable bonds is 5. The van der Waals surface area contributed by atoms with Gasteiger partial charge in [0.25, 0.3) is 5.76 Å². The number of hydrogen-bond acceptors (Lipinski definition) is 2. The molecule has 0 N–H and O–H groups in total. The first-order valence-corrected chi connectivity index (χ1v) is 8.74. The van der Waals surface area contributed by atoms with Gasteiger partial charge >= 0.3 is 6.55 Å². The smallest absolute Gasteiger partial charge is 0.260 e. The first-order valence-electron chi connectivity index (χ1n) is 7.86. The second-order valence-electron chi connectivity index (χ2n) is 5.85. The zero-order chi connectivity index (χ0) is 18.8. The van der Waals surface area contributed by atoms with E-state index < -0.39 is 17.5 Å². The summed E-state index contributed by atoms with van der Waals surface area (Å²) in [6.45, 7) is 0.799. The first-order chi connectivity index (χ1) is 12.4. The Hall–Kier alpha value is -2.28. The van der Waals surface area contributed by atoms with Gasteiger partial charge < -0.3 is 0 Å². The standard InChI is InChI=1S/C19H16F4N2S/c1-11-3-7-13(8-4-11)15-16(14-9-5-12(2)6-10-14)25(17(20)21)19(24-15)26-18(22)23/h3-10,17-18H,1-2H3. The van der Waals surface area contributed by atoms with Crippen molar-refractivity contribution in [2.75, 3.05) is 0 Å². The molecule has 3 aromatic rings. The fraction of sp³-hybridized carbons (Fsp3) is 0.211. The molecule has 136 valence electrons. The third-order valence-electron chi connectivity index (χ3n) is 3.92. The number of thioether (sulfide) groups is 1. The third kappa shape index (κ3) is 3.77. The van der Waals surface area contributed by atoms with Crippen molar-refractivity contribution in [1.82, 2.24) is 9.55 Å². The number of benzene rings is 2. The van der Waals surface area contributed by atoms with Crippen LogP contribution in [0.15, 0.2) is 53.7 Å². The predicted octanol–water partition coefficient (Wildman–Crippen LogP) is 6.54. The van der Waals surface area contributed by atoms with Crippen LogP contribution in [0, 0.1) is 13.8 Å². The van der Waals surface area contributed by atoms with Crippen LogP contribution in [0.1, 0.15) is 17.7 Å². The van der Waals surface area contributed by atoms with E-state index in [0.717, 1.165) is 11.1 Å². The Morgan fingerprint density at radius 3 is 1.77 bits per heavy atom. The van der Waals surface area contributed by atoms with Gasteiger partial charge in [-0.2, -0.15) is 17.6 Å². The number of hydrogen-bond donors (Lipinski definition) is 0. The molecule has 0 radical (unpaired) electrons. The molecule has 0 unspecified atom stereocenters. The lowest BCUT2D eigenvalue weighted by Gasteiger charge is -2.12. The molecule has 0 fully saturated rings. The summed E-state index contributed by atoms with van der Waals surface area (Å²) in [6.07, 6.45) is 0. The highest BCUT2D eigenvalue weighted by atomic mass is 32.2. The van der Waals surface area contributed by atoms with Crippen LogP contribution < -0.4 is 0 Å². The number of alkyl halides is 4. The minimum absolute atomic E-state index is 0.0225. The molecule has 3 rings (SSSR count). The molecule has 0 aliphatic heterocycles. The molecule has 0 aliphatic carbocycles. The van der Waals surface area contributed by atoms with Gasteiger partial charge in [-0.05, 0) is 25.6 Å². The minimum Gasteiger partial charge on any atom is -0.260 e. The van der Waals surface area contributed by atoms with Crippen LogP contribution in [0.25, 0.3) is 22.5 Å². The van der Waals surface area contributed by atoms with Crippen molar-refractivity contribution in [2.24, 2.45) is 0 Å². The Morgan fingerprint density at radius 1 is 0.808 bits per heavy atom. The van der Waals surface area contributed by atoms with Gasteiger partial charge in [0.15, 0.2) is 5.16 Å². The molecule has 0 spiro atoms. The lowest BCUT2D eigenvalue weighted by molar-refractivity contribution is 0.0626. The Balaban J connectivity index is 2.27. The molecule has 7 heteroatoms. The lowest BCUT2D eigenvalue weighted by atomic mass is 10.0. The lowest BCUT2D eigenvalue weighted by Crippen LogP contribution is -2.03. The highest BCUT2D eigenvalue weighted by Crippen LogP contribution is 2.40. The van der Waals surface area contributed by atoms with Gasteiger partial charge in [0, 0.05) is 11.1 Å². The van der Waals surface area contributed by atoms with E-state index in [4.69, 9.17) is 0 Å². The van der Waals surface area contributed by atoms with Crippen molar-refractivity contribution in [3.8, 4) is 22.5 Å². The SMILES string of the molecule is Cc1ccc(-c2nc(SC(F)F)n(C(F)F)c2-c2ccc(C)cc2)cc1. The van der Waals surface area contributed by atoms with Gasteiger partial charge in [-0.15, -0.1) is 0 Å². The van der Waals surface area contributed by atoms with Crippen LogP contribution in [0.4, 0.5) is 17.6 Å². The Morgan fingerprint density at radius 2 is 1.31 bits per heavy atom. The van der Waals surface area contributed by atoms with Crippen molar-refractivity contribution < 1.29 is 17.6 Å². The molecule has 1 heterocycles. The molecule has 0 bridgehead atoms. The van der Waals surface area contributed by atoms with Gasteiger partial charge in [-0.25, -0.2) is 4.98 Å². The zero-order valence-corrected chi connectivity index (χ0v) is 14.9. The summed E-state index contributed by atoms with van der Waals surface area (Å²) in [4.78, 5) is 4.14. The van der Waals surface area contributed by atoms with Gasteiger partial charge in [-0.1, -0.05) is 59.7 Å². The number of halogens is 4. The summed E-state index contributed by atoms with van der Waals surface area (Å²) < 4.78 is 53.9. The van der Waals surface area contributed by atoms with E-state index >= 15 is 0 Å². The summed E-state index contributed by atoms with van der Waals surface area (Å²) in [5, 5.41) is -0.402. The summed E-state index contributed by atoms with van der Waals surface area (Å²) in [7, 11) is 0. The Bertz CT molecular complexity index is 887. The zero-order valence-electron chi connectivity index (χ0n) is 14.1. The highest BCUT2D eigenvalue weighted by Gasteiger charge is 2.27. The normalized spacial score (nSPS) is 11.5. The summed E-state index contributed by atoms with van der Waals surface area (Å²) in [6, 6.07) is 14.1. The molecule has 2 aromatic carbocycles. The predicted molar refractivity (Wildman–Crippen MR) is 95.7 cm³/mol.